The Morgan fingerprint density at radius 1 is 1.11 bits per heavy atom. The van der Waals surface area contributed by atoms with E-state index in [0.717, 1.165) is 5.56 Å². The van der Waals surface area contributed by atoms with Crippen LogP contribution in [-0.4, -0.2) is 28.4 Å². The molecule has 92 valence electrons. The highest BCUT2D eigenvalue weighted by molar-refractivity contribution is 6.83. The first kappa shape index (κ1) is 12.0. The summed E-state index contributed by atoms with van der Waals surface area (Å²) in [5.74, 6) is -2.89. The molecule has 1 amide bonds. The van der Waals surface area contributed by atoms with Crippen molar-refractivity contribution in [3.05, 3.63) is 28.8 Å². The number of oxime groups is 1. The van der Waals surface area contributed by atoms with Crippen molar-refractivity contribution in [3.8, 4) is 0 Å². The van der Waals surface area contributed by atoms with Crippen molar-refractivity contribution in [2.24, 2.45) is 5.16 Å². The molecule has 1 aliphatic heterocycles. The highest BCUT2D eigenvalue weighted by atomic mass is 16.4. The van der Waals surface area contributed by atoms with Crippen molar-refractivity contribution in [1.82, 2.24) is 0 Å². The summed E-state index contributed by atoms with van der Waals surface area (Å²) < 4.78 is 0. The Morgan fingerprint density at radius 3 is 2.39 bits per heavy atom. The summed E-state index contributed by atoms with van der Waals surface area (Å²) in [6, 6.07) is 3.33. The van der Waals surface area contributed by atoms with Gasteiger partial charge in [0.05, 0.1) is 11.3 Å². The summed E-state index contributed by atoms with van der Waals surface area (Å²) in [5, 5.41) is 13.7. The van der Waals surface area contributed by atoms with Crippen LogP contribution in [0.2, 0.25) is 0 Å². The average molecular weight is 246 g/mol. The Kier molecular flexibility index (Phi) is 2.70. The highest BCUT2D eigenvalue weighted by Gasteiger charge is 2.35. The van der Waals surface area contributed by atoms with Gasteiger partial charge in [-0.05, 0) is 31.0 Å². The van der Waals surface area contributed by atoms with Crippen LogP contribution >= 0.6 is 0 Å². The van der Waals surface area contributed by atoms with Crippen molar-refractivity contribution < 1.29 is 19.6 Å². The van der Waals surface area contributed by atoms with E-state index in [1.54, 1.807) is 26.0 Å². The number of anilines is 1. The lowest BCUT2D eigenvalue weighted by Crippen LogP contribution is -2.31. The van der Waals surface area contributed by atoms with Crippen LogP contribution in [0, 0.1) is 13.8 Å². The van der Waals surface area contributed by atoms with Crippen LogP contribution in [0.15, 0.2) is 17.3 Å². The van der Waals surface area contributed by atoms with Gasteiger partial charge in [0, 0.05) is 0 Å². The maximum Gasteiger partial charge on any atom is 0.298 e. The maximum absolute atomic E-state index is 12.1. The number of hydrogen-bond donors (Lipinski definition) is 2. The molecule has 0 bridgehead atoms. The topological polar surface area (TPSA) is 95.8 Å². The molecule has 0 fully saturated rings. The molecule has 1 aromatic rings. The van der Waals surface area contributed by atoms with Crippen LogP contribution in [0.3, 0.4) is 0 Å². The number of carbonyl (C=O) groups excluding carboxylic acids is 3. The van der Waals surface area contributed by atoms with E-state index >= 15 is 0 Å². The molecular weight excluding hydrogens is 236 g/mol. The molecule has 0 spiro atoms. The number of hydrogen-bond acceptors (Lipinski definition) is 5. The molecular formula is C12H10N2O4. The number of Topliss-reactive ketones (excluding diaryl/α,β-unsaturated/α-hetero) is 2. The van der Waals surface area contributed by atoms with E-state index in [2.05, 4.69) is 10.5 Å². The second-order valence-corrected chi connectivity index (χ2v) is 4.07. The summed E-state index contributed by atoms with van der Waals surface area (Å²) in [6.45, 7) is 3.48. The van der Waals surface area contributed by atoms with Crippen LogP contribution in [0.25, 0.3) is 0 Å². The van der Waals surface area contributed by atoms with Gasteiger partial charge in [0.2, 0.25) is 11.5 Å². The van der Waals surface area contributed by atoms with Gasteiger partial charge in [-0.3, -0.25) is 14.4 Å². The Morgan fingerprint density at radius 2 is 1.78 bits per heavy atom. The van der Waals surface area contributed by atoms with Crippen molar-refractivity contribution >= 4 is 28.9 Å². The molecule has 1 aliphatic rings. The molecule has 0 saturated heterocycles. The number of benzene rings is 1. The number of nitrogens with zero attached hydrogens (tertiary/aromatic N) is 1. The Hall–Kier alpha value is -2.50. The molecule has 0 aliphatic carbocycles. The second-order valence-electron chi connectivity index (χ2n) is 4.07. The summed E-state index contributed by atoms with van der Waals surface area (Å²) in [5.41, 5.74) is 1.11. The van der Waals surface area contributed by atoms with Crippen molar-refractivity contribution in [2.75, 3.05) is 5.32 Å². The molecule has 2 rings (SSSR count). The fourth-order valence-electron chi connectivity index (χ4n) is 1.97. The summed E-state index contributed by atoms with van der Waals surface area (Å²) >= 11 is 0. The Balaban J connectivity index is 2.75. The van der Waals surface area contributed by atoms with Crippen LogP contribution in [0.5, 0.6) is 0 Å². The van der Waals surface area contributed by atoms with Gasteiger partial charge in [0.1, 0.15) is 0 Å². The number of aryl methyl sites for hydroxylation is 2. The first-order chi connectivity index (χ1) is 8.45. The number of rotatable bonds is 0. The number of amides is 1. The molecule has 2 N–H and O–H groups in total. The van der Waals surface area contributed by atoms with E-state index in [1.165, 1.54) is 0 Å². The van der Waals surface area contributed by atoms with Crippen molar-refractivity contribution in [3.63, 3.8) is 0 Å². The number of carbonyl (C=O) groups is 3. The number of nitrogens with one attached hydrogen (secondary N) is 1. The fraction of sp³-hybridized carbons (Fsp3) is 0.167. The molecule has 18 heavy (non-hydrogen) atoms. The first-order valence-electron chi connectivity index (χ1n) is 5.19. The lowest BCUT2D eigenvalue weighted by Gasteiger charge is -2.09. The molecule has 6 heteroatoms. The highest BCUT2D eigenvalue weighted by Crippen LogP contribution is 2.25. The van der Waals surface area contributed by atoms with Crippen molar-refractivity contribution in [1.29, 1.82) is 0 Å². The molecule has 0 atom stereocenters. The normalized spacial score (nSPS) is 17.4. The average Bonchev–Trinajstić information content (AvgIpc) is 2.35. The molecule has 1 heterocycles. The molecule has 0 unspecified atom stereocenters. The SMILES string of the molecule is Cc1cc(C)c2c(c1)NC(=O)C(=O)C(=NO)C2=O. The van der Waals surface area contributed by atoms with Gasteiger partial charge < -0.3 is 10.5 Å². The van der Waals surface area contributed by atoms with Crippen molar-refractivity contribution in [2.45, 2.75) is 13.8 Å². The van der Waals surface area contributed by atoms with Gasteiger partial charge in [-0.1, -0.05) is 11.2 Å². The van der Waals surface area contributed by atoms with Crippen LogP contribution in [0.4, 0.5) is 5.69 Å². The molecule has 0 saturated carbocycles. The van der Waals surface area contributed by atoms with E-state index in [4.69, 9.17) is 5.21 Å². The van der Waals surface area contributed by atoms with E-state index in [-0.39, 0.29) is 11.3 Å². The van der Waals surface area contributed by atoms with Gasteiger partial charge in [-0.25, -0.2) is 0 Å². The zero-order valence-corrected chi connectivity index (χ0v) is 9.77. The Labute approximate surface area is 102 Å². The minimum absolute atomic E-state index is 0.174. The minimum atomic E-state index is -1.14. The standard InChI is InChI=1S/C12H10N2O4/c1-5-3-6(2)8-7(4-5)13-12(17)11(16)9(14-18)10(8)15/h3-4,18H,1-2H3,(H,13,17). The predicted molar refractivity (Wildman–Crippen MR) is 63.1 cm³/mol. The lowest BCUT2D eigenvalue weighted by atomic mass is 9.97. The van der Waals surface area contributed by atoms with E-state index in [1.807, 2.05) is 0 Å². The summed E-state index contributed by atoms with van der Waals surface area (Å²) in [6.07, 6.45) is 0. The largest absolute Gasteiger partial charge is 0.410 e. The summed E-state index contributed by atoms with van der Waals surface area (Å²) in [4.78, 5) is 35.1. The fourth-order valence-corrected chi connectivity index (χ4v) is 1.97. The van der Waals surface area contributed by atoms with Gasteiger partial charge in [-0.2, -0.15) is 0 Å². The zero-order valence-electron chi connectivity index (χ0n) is 9.77. The Bertz CT molecular complexity index is 617. The summed E-state index contributed by atoms with van der Waals surface area (Å²) in [7, 11) is 0. The third-order valence-corrected chi connectivity index (χ3v) is 2.69. The van der Waals surface area contributed by atoms with Crippen LogP contribution < -0.4 is 5.32 Å². The quantitative estimate of drug-likeness (QED) is 0.402. The van der Waals surface area contributed by atoms with Gasteiger partial charge in [0.25, 0.3) is 11.7 Å². The minimum Gasteiger partial charge on any atom is -0.410 e. The third kappa shape index (κ3) is 1.67. The van der Waals surface area contributed by atoms with E-state index in [9.17, 15) is 14.4 Å². The predicted octanol–water partition coefficient (Wildman–Crippen LogP) is 0.838. The molecule has 0 radical (unpaired) electrons. The van der Waals surface area contributed by atoms with E-state index in [0.29, 0.717) is 5.56 Å². The first-order valence-corrected chi connectivity index (χ1v) is 5.19. The second kappa shape index (κ2) is 4.06. The number of fused-ring (bicyclic) bond motifs is 1. The van der Waals surface area contributed by atoms with Gasteiger partial charge in [0.15, 0.2) is 0 Å². The maximum atomic E-state index is 12.1. The third-order valence-electron chi connectivity index (χ3n) is 2.69. The van der Waals surface area contributed by atoms with Crippen LogP contribution in [0.1, 0.15) is 21.5 Å². The zero-order chi connectivity index (χ0) is 13.4. The smallest absolute Gasteiger partial charge is 0.298 e. The monoisotopic (exact) mass is 246 g/mol. The lowest BCUT2D eigenvalue weighted by molar-refractivity contribution is -0.130. The van der Waals surface area contributed by atoms with E-state index < -0.39 is 23.2 Å². The van der Waals surface area contributed by atoms with Crippen LogP contribution in [-0.2, 0) is 9.59 Å². The molecule has 0 aromatic heterocycles. The number of ketones is 2. The molecule has 6 nitrogen and oxygen atoms in total. The van der Waals surface area contributed by atoms with Gasteiger partial charge in [-0.15, -0.1) is 0 Å². The molecule has 1 aromatic carbocycles. The van der Waals surface area contributed by atoms with Gasteiger partial charge >= 0.3 is 0 Å².